The molecule has 0 aliphatic rings. The van der Waals surface area contributed by atoms with Crippen LogP contribution in [-0.4, -0.2) is 22.8 Å². The van der Waals surface area contributed by atoms with Crippen LogP contribution in [0, 0.1) is 0 Å². The van der Waals surface area contributed by atoms with Gasteiger partial charge < -0.3 is 14.0 Å². The average molecular weight is 377 g/mol. The van der Waals surface area contributed by atoms with Gasteiger partial charge in [0, 0.05) is 23.8 Å². The van der Waals surface area contributed by atoms with Gasteiger partial charge in [-0.05, 0) is 42.7 Å². The zero-order chi connectivity index (χ0) is 17.5. The van der Waals surface area contributed by atoms with Crippen molar-refractivity contribution >= 4 is 22.9 Å². The first kappa shape index (κ1) is 18.0. The minimum atomic E-state index is 0.108. The van der Waals surface area contributed by atoms with Gasteiger partial charge in [-0.1, -0.05) is 23.7 Å². The molecule has 0 saturated carbocycles. The van der Waals surface area contributed by atoms with Gasteiger partial charge in [0.2, 0.25) is 0 Å². The van der Waals surface area contributed by atoms with Crippen LogP contribution >= 0.6 is 22.9 Å². The fourth-order valence-electron chi connectivity index (χ4n) is 2.58. The van der Waals surface area contributed by atoms with Crippen LogP contribution in [0.25, 0.3) is 0 Å². The van der Waals surface area contributed by atoms with Crippen LogP contribution < -0.4 is 4.74 Å². The zero-order valence-corrected chi connectivity index (χ0v) is 15.7. The van der Waals surface area contributed by atoms with Gasteiger partial charge in [-0.15, -0.1) is 11.3 Å². The van der Waals surface area contributed by atoms with Crippen LogP contribution in [0.2, 0.25) is 4.34 Å². The van der Waals surface area contributed by atoms with E-state index in [1.165, 1.54) is 4.88 Å². The lowest BCUT2D eigenvalue weighted by molar-refractivity contribution is 0.0240. The molecular formula is C19H21ClN2O2S. The van der Waals surface area contributed by atoms with Crippen LogP contribution in [0.15, 0.2) is 55.1 Å². The molecule has 0 saturated heterocycles. The third-order valence-electron chi connectivity index (χ3n) is 3.96. The summed E-state index contributed by atoms with van der Waals surface area (Å²) in [6.07, 6.45) is 7.58. The predicted molar refractivity (Wildman–Crippen MR) is 101 cm³/mol. The number of hydrogen-bond donors (Lipinski definition) is 0. The molecule has 2 aromatic heterocycles. The summed E-state index contributed by atoms with van der Waals surface area (Å²) in [6.45, 7) is 1.36. The molecule has 0 aliphatic heterocycles. The molecule has 2 heterocycles. The van der Waals surface area contributed by atoms with E-state index in [0.29, 0.717) is 6.61 Å². The van der Waals surface area contributed by atoms with Crippen LogP contribution in [0.1, 0.15) is 16.9 Å². The number of ether oxygens (including phenoxy) is 2. The molecule has 0 radical (unpaired) electrons. The van der Waals surface area contributed by atoms with Gasteiger partial charge in [0.25, 0.3) is 0 Å². The Morgan fingerprint density at radius 1 is 1.20 bits per heavy atom. The van der Waals surface area contributed by atoms with Gasteiger partial charge >= 0.3 is 0 Å². The molecule has 3 rings (SSSR count). The molecule has 0 spiro atoms. The second-order valence-electron chi connectivity index (χ2n) is 5.79. The minimum Gasteiger partial charge on any atom is -0.497 e. The Bertz CT molecular complexity index is 756. The molecule has 0 amide bonds. The molecule has 4 nitrogen and oxygen atoms in total. The number of nitrogens with zero attached hydrogens (tertiary/aromatic N) is 2. The number of imidazole rings is 1. The fraction of sp³-hybridized carbons (Fsp3) is 0.316. The van der Waals surface area contributed by atoms with Gasteiger partial charge in [0.15, 0.2) is 0 Å². The summed E-state index contributed by atoms with van der Waals surface area (Å²) >= 11 is 7.65. The third kappa shape index (κ3) is 5.59. The number of aryl methyl sites for hydroxylation is 1. The summed E-state index contributed by atoms with van der Waals surface area (Å²) in [6, 6.07) is 12.0. The highest BCUT2D eigenvalue weighted by molar-refractivity contribution is 7.16. The summed E-state index contributed by atoms with van der Waals surface area (Å²) in [4.78, 5) is 5.40. The van der Waals surface area contributed by atoms with Gasteiger partial charge in [-0.25, -0.2) is 4.98 Å². The molecule has 25 heavy (non-hydrogen) atoms. The van der Waals surface area contributed by atoms with Crippen LogP contribution in [0.4, 0.5) is 0 Å². The van der Waals surface area contributed by atoms with Crippen molar-refractivity contribution in [3.8, 4) is 5.75 Å². The van der Waals surface area contributed by atoms with Crippen molar-refractivity contribution < 1.29 is 9.47 Å². The van der Waals surface area contributed by atoms with Crippen molar-refractivity contribution in [3.63, 3.8) is 0 Å². The molecule has 3 aromatic rings. The maximum Gasteiger partial charge on any atom is 0.118 e. The van der Waals surface area contributed by atoms with Crippen molar-refractivity contribution in [1.82, 2.24) is 9.55 Å². The van der Waals surface area contributed by atoms with Crippen molar-refractivity contribution in [2.45, 2.75) is 32.1 Å². The molecular weight excluding hydrogens is 356 g/mol. The van der Waals surface area contributed by atoms with Gasteiger partial charge in [0.05, 0.1) is 30.5 Å². The lowest BCUT2D eigenvalue weighted by Crippen LogP contribution is -2.20. The SMILES string of the molecule is COc1ccc(COC(CCc2ccc(Cl)s2)Cn2ccnc2)cc1. The standard InChI is InChI=1S/C19H21ClN2O2S/c1-23-16-4-2-15(3-5-16)13-24-17(12-22-11-10-21-14-22)6-7-18-8-9-19(20)25-18/h2-5,8-11,14,17H,6-7,12-13H2,1H3. The first-order valence-corrected chi connectivity index (χ1v) is 9.37. The van der Waals surface area contributed by atoms with E-state index in [1.54, 1.807) is 24.6 Å². The second-order valence-corrected chi connectivity index (χ2v) is 7.58. The summed E-state index contributed by atoms with van der Waals surface area (Å²) in [5.74, 6) is 0.855. The van der Waals surface area contributed by atoms with E-state index in [4.69, 9.17) is 21.1 Å². The lowest BCUT2D eigenvalue weighted by Gasteiger charge is -2.18. The second kappa shape index (κ2) is 9.04. The van der Waals surface area contributed by atoms with Crippen LogP contribution in [-0.2, 0) is 24.3 Å². The summed E-state index contributed by atoms with van der Waals surface area (Å²) in [5, 5.41) is 0. The summed E-state index contributed by atoms with van der Waals surface area (Å²) in [7, 11) is 1.67. The Balaban J connectivity index is 1.58. The molecule has 0 fully saturated rings. The van der Waals surface area contributed by atoms with Crippen molar-refractivity contribution in [3.05, 3.63) is 69.9 Å². The summed E-state index contributed by atoms with van der Waals surface area (Å²) in [5.41, 5.74) is 1.13. The van der Waals surface area contributed by atoms with Crippen molar-refractivity contribution in [2.24, 2.45) is 0 Å². The zero-order valence-electron chi connectivity index (χ0n) is 14.1. The van der Waals surface area contributed by atoms with E-state index in [0.717, 1.165) is 35.0 Å². The maximum absolute atomic E-state index is 6.19. The number of benzene rings is 1. The molecule has 0 aliphatic carbocycles. The monoisotopic (exact) mass is 376 g/mol. The Labute approximate surface area is 157 Å². The van der Waals surface area contributed by atoms with Crippen LogP contribution in [0.5, 0.6) is 5.75 Å². The van der Waals surface area contributed by atoms with Crippen molar-refractivity contribution in [1.29, 1.82) is 0 Å². The number of methoxy groups -OCH3 is 1. The predicted octanol–water partition coefficient (Wildman–Crippen LogP) is 4.82. The molecule has 0 N–H and O–H groups in total. The average Bonchev–Trinajstić information content (AvgIpc) is 3.29. The summed E-state index contributed by atoms with van der Waals surface area (Å²) < 4.78 is 14.3. The molecule has 1 aromatic carbocycles. The number of aromatic nitrogens is 2. The number of halogens is 1. The maximum atomic E-state index is 6.19. The number of rotatable bonds is 9. The normalized spacial score (nSPS) is 12.2. The highest BCUT2D eigenvalue weighted by atomic mass is 35.5. The van der Waals surface area contributed by atoms with Gasteiger partial charge in [-0.3, -0.25) is 0 Å². The smallest absolute Gasteiger partial charge is 0.118 e. The first-order valence-electron chi connectivity index (χ1n) is 8.17. The van der Waals surface area contributed by atoms with E-state index in [-0.39, 0.29) is 6.10 Å². The number of hydrogen-bond acceptors (Lipinski definition) is 4. The minimum absolute atomic E-state index is 0.108. The van der Waals surface area contributed by atoms with Gasteiger partial charge in [-0.2, -0.15) is 0 Å². The molecule has 0 bridgehead atoms. The van der Waals surface area contributed by atoms with E-state index >= 15 is 0 Å². The van der Waals surface area contributed by atoms with E-state index in [1.807, 2.05) is 42.9 Å². The lowest BCUT2D eigenvalue weighted by atomic mass is 10.1. The largest absolute Gasteiger partial charge is 0.497 e. The molecule has 6 heteroatoms. The molecule has 1 atom stereocenters. The van der Waals surface area contributed by atoms with Gasteiger partial charge in [0.1, 0.15) is 5.75 Å². The fourth-order valence-corrected chi connectivity index (χ4v) is 3.69. The van der Waals surface area contributed by atoms with Crippen LogP contribution in [0.3, 0.4) is 0 Å². The number of thiophene rings is 1. The van der Waals surface area contributed by atoms with E-state index in [9.17, 15) is 0 Å². The highest BCUT2D eigenvalue weighted by Gasteiger charge is 2.12. The first-order chi connectivity index (χ1) is 12.2. The highest BCUT2D eigenvalue weighted by Crippen LogP contribution is 2.23. The van der Waals surface area contributed by atoms with Crippen molar-refractivity contribution in [2.75, 3.05) is 7.11 Å². The Hall–Kier alpha value is -1.82. The van der Waals surface area contributed by atoms with E-state index in [2.05, 4.69) is 15.6 Å². The Morgan fingerprint density at radius 3 is 2.68 bits per heavy atom. The Kier molecular flexibility index (Phi) is 6.50. The third-order valence-corrected chi connectivity index (χ3v) is 5.25. The van der Waals surface area contributed by atoms with E-state index < -0.39 is 0 Å². The quantitative estimate of drug-likeness (QED) is 0.537. The molecule has 132 valence electrons. The molecule has 1 unspecified atom stereocenters. The Morgan fingerprint density at radius 2 is 2.04 bits per heavy atom. The topological polar surface area (TPSA) is 36.3 Å².